The predicted molar refractivity (Wildman–Crippen MR) is 103 cm³/mol. The lowest BCUT2D eigenvalue weighted by molar-refractivity contribution is 0.0951. The van der Waals surface area contributed by atoms with E-state index in [1.807, 2.05) is 37.3 Å². The van der Waals surface area contributed by atoms with Crippen LogP contribution in [-0.4, -0.2) is 10.9 Å². The van der Waals surface area contributed by atoms with E-state index in [1.54, 1.807) is 6.20 Å². The summed E-state index contributed by atoms with van der Waals surface area (Å²) in [5, 5.41) is 5.20. The van der Waals surface area contributed by atoms with Crippen LogP contribution in [0.5, 0.6) is 0 Å². The second kappa shape index (κ2) is 6.67. The fourth-order valence-electron chi connectivity index (χ4n) is 2.74. The Morgan fingerprint density at radius 1 is 1.00 bits per heavy atom. The van der Waals surface area contributed by atoms with Gasteiger partial charge in [-0.1, -0.05) is 51.1 Å². The van der Waals surface area contributed by atoms with Crippen LogP contribution in [0, 0.1) is 6.92 Å². The van der Waals surface area contributed by atoms with Crippen molar-refractivity contribution in [2.45, 2.75) is 39.7 Å². The van der Waals surface area contributed by atoms with Gasteiger partial charge in [0.1, 0.15) is 0 Å². The maximum Gasteiger partial charge on any atom is 0.251 e. The molecule has 1 aromatic heterocycles. The minimum Gasteiger partial charge on any atom is -0.348 e. The number of nitrogens with one attached hydrogen (secondary N) is 1. The summed E-state index contributed by atoms with van der Waals surface area (Å²) < 4.78 is 0. The zero-order valence-corrected chi connectivity index (χ0v) is 15.3. The molecular weight excluding hydrogens is 308 g/mol. The summed E-state index contributed by atoms with van der Waals surface area (Å²) in [6.07, 6.45) is 1.80. The highest BCUT2D eigenvalue weighted by molar-refractivity contribution is 5.98. The van der Waals surface area contributed by atoms with Crippen LogP contribution in [0.2, 0.25) is 0 Å². The molecule has 25 heavy (non-hydrogen) atoms. The number of carbonyl (C=O) groups excluding carboxylic acids is 1. The number of fused-ring (bicyclic) bond motifs is 1. The molecule has 0 aliphatic carbocycles. The first-order chi connectivity index (χ1) is 11.8. The van der Waals surface area contributed by atoms with Gasteiger partial charge in [-0.15, -0.1) is 0 Å². The van der Waals surface area contributed by atoms with E-state index >= 15 is 0 Å². The first kappa shape index (κ1) is 17.2. The lowest BCUT2D eigenvalue weighted by Gasteiger charge is -2.19. The number of aromatic nitrogens is 1. The quantitative estimate of drug-likeness (QED) is 0.750. The number of carbonyl (C=O) groups is 1. The molecule has 1 N–H and O–H groups in total. The third-order valence-electron chi connectivity index (χ3n) is 4.39. The summed E-state index contributed by atoms with van der Waals surface area (Å²) in [6, 6.07) is 16.2. The number of amides is 1. The molecule has 0 spiro atoms. The molecule has 128 valence electrons. The molecule has 0 atom stereocenters. The first-order valence-corrected chi connectivity index (χ1v) is 8.57. The average Bonchev–Trinajstić information content (AvgIpc) is 2.59. The topological polar surface area (TPSA) is 42.0 Å². The van der Waals surface area contributed by atoms with E-state index in [9.17, 15) is 4.79 Å². The van der Waals surface area contributed by atoms with Crippen LogP contribution in [0.1, 0.15) is 48.0 Å². The third kappa shape index (κ3) is 4.05. The zero-order valence-electron chi connectivity index (χ0n) is 15.3. The molecule has 3 nitrogen and oxygen atoms in total. The Balaban J connectivity index is 1.76. The van der Waals surface area contributed by atoms with Crippen molar-refractivity contribution in [3.8, 4) is 0 Å². The molecule has 1 heterocycles. The highest BCUT2D eigenvalue weighted by atomic mass is 16.1. The van der Waals surface area contributed by atoms with Crippen LogP contribution in [0.4, 0.5) is 0 Å². The summed E-state index contributed by atoms with van der Waals surface area (Å²) >= 11 is 0. The van der Waals surface area contributed by atoms with Crippen molar-refractivity contribution >= 4 is 16.7 Å². The van der Waals surface area contributed by atoms with Crippen molar-refractivity contribution in [2.75, 3.05) is 0 Å². The summed E-state index contributed by atoms with van der Waals surface area (Å²) in [4.78, 5) is 16.7. The number of hydrogen-bond acceptors (Lipinski definition) is 2. The Morgan fingerprint density at radius 2 is 1.72 bits per heavy atom. The van der Waals surface area contributed by atoms with Gasteiger partial charge in [0.2, 0.25) is 0 Å². The van der Waals surface area contributed by atoms with Gasteiger partial charge >= 0.3 is 0 Å². The van der Waals surface area contributed by atoms with Gasteiger partial charge in [0.15, 0.2) is 0 Å². The highest BCUT2D eigenvalue weighted by Gasteiger charge is 2.14. The number of nitrogens with zero attached hydrogens (tertiary/aromatic N) is 1. The van der Waals surface area contributed by atoms with Gasteiger partial charge < -0.3 is 5.32 Å². The van der Waals surface area contributed by atoms with Gasteiger partial charge in [-0.05, 0) is 52.4 Å². The van der Waals surface area contributed by atoms with Crippen molar-refractivity contribution in [2.24, 2.45) is 0 Å². The molecule has 3 rings (SSSR count). The monoisotopic (exact) mass is 332 g/mol. The number of benzene rings is 2. The van der Waals surface area contributed by atoms with Crippen LogP contribution < -0.4 is 5.32 Å². The Bertz CT molecular complexity index is 905. The van der Waals surface area contributed by atoms with Crippen LogP contribution in [-0.2, 0) is 12.0 Å². The van der Waals surface area contributed by atoms with Crippen molar-refractivity contribution in [3.63, 3.8) is 0 Å². The lowest BCUT2D eigenvalue weighted by atomic mass is 9.86. The minimum atomic E-state index is -0.0672. The Morgan fingerprint density at radius 3 is 2.40 bits per heavy atom. The van der Waals surface area contributed by atoms with E-state index in [0.29, 0.717) is 12.1 Å². The van der Waals surface area contributed by atoms with Crippen molar-refractivity contribution in [1.82, 2.24) is 10.3 Å². The smallest absolute Gasteiger partial charge is 0.251 e. The van der Waals surface area contributed by atoms with E-state index in [-0.39, 0.29) is 11.3 Å². The maximum absolute atomic E-state index is 12.4. The Kier molecular flexibility index (Phi) is 4.58. The summed E-state index contributed by atoms with van der Waals surface area (Å²) in [5.74, 6) is -0.0672. The molecule has 1 amide bonds. The summed E-state index contributed by atoms with van der Waals surface area (Å²) in [7, 11) is 0. The van der Waals surface area contributed by atoms with Crippen LogP contribution >= 0.6 is 0 Å². The van der Waals surface area contributed by atoms with Crippen molar-refractivity contribution in [3.05, 3.63) is 77.1 Å². The zero-order chi connectivity index (χ0) is 18.0. The van der Waals surface area contributed by atoms with Crippen molar-refractivity contribution in [1.29, 1.82) is 0 Å². The van der Waals surface area contributed by atoms with Gasteiger partial charge in [0.25, 0.3) is 5.91 Å². The molecule has 0 aliphatic heterocycles. The predicted octanol–water partition coefficient (Wildman–Crippen LogP) is 4.77. The molecule has 0 unspecified atom stereocenters. The van der Waals surface area contributed by atoms with Crippen LogP contribution in [0.25, 0.3) is 10.8 Å². The lowest BCUT2D eigenvalue weighted by Crippen LogP contribution is -2.22. The number of pyridine rings is 1. The molecule has 0 fully saturated rings. The van der Waals surface area contributed by atoms with E-state index in [0.717, 1.165) is 22.0 Å². The third-order valence-corrected chi connectivity index (χ3v) is 4.39. The van der Waals surface area contributed by atoms with E-state index in [1.165, 1.54) is 5.56 Å². The normalized spacial score (nSPS) is 11.5. The van der Waals surface area contributed by atoms with Gasteiger partial charge in [-0.2, -0.15) is 0 Å². The van der Waals surface area contributed by atoms with E-state index < -0.39 is 0 Å². The van der Waals surface area contributed by atoms with E-state index in [2.05, 4.69) is 49.3 Å². The Hall–Kier alpha value is -2.68. The SMILES string of the molecule is Cc1ccc(CNC(=O)c2ccc3cc(C(C)(C)C)ccc3c2)cn1. The van der Waals surface area contributed by atoms with E-state index in [4.69, 9.17) is 0 Å². The highest BCUT2D eigenvalue weighted by Crippen LogP contribution is 2.26. The molecular formula is C22H24N2O. The average molecular weight is 332 g/mol. The molecule has 2 aromatic carbocycles. The summed E-state index contributed by atoms with van der Waals surface area (Å²) in [6.45, 7) is 9.04. The van der Waals surface area contributed by atoms with Gasteiger partial charge in [-0.3, -0.25) is 9.78 Å². The molecule has 0 saturated carbocycles. The number of hydrogen-bond donors (Lipinski definition) is 1. The van der Waals surface area contributed by atoms with Crippen LogP contribution in [0.15, 0.2) is 54.7 Å². The molecule has 0 bridgehead atoms. The Labute approximate surface area is 149 Å². The largest absolute Gasteiger partial charge is 0.348 e. The first-order valence-electron chi connectivity index (χ1n) is 8.57. The second-order valence-corrected chi connectivity index (χ2v) is 7.52. The molecule has 3 aromatic rings. The van der Waals surface area contributed by atoms with Gasteiger partial charge in [0, 0.05) is 24.0 Å². The summed E-state index contributed by atoms with van der Waals surface area (Å²) in [5.41, 5.74) is 4.06. The molecule has 0 radical (unpaired) electrons. The minimum absolute atomic E-state index is 0.0672. The maximum atomic E-state index is 12.4. The van der Waals surface area contributed by atoms with Gasteiger partial charge in [0.05, 0.1) is 0 Å². The molecule has 3 heteroatoms. The number of aryl methyl sites for hydroxylation is 1. The fourth-order valence-corrected chi connectivity index (χ4v) is 2.74. The number of rotatable bonds is 3. The van der Waals surface area contributed by atoms with Gasteiger partial charge in [-0.25, -0.2) is 0 Å². The second-order valence-electron chi connectivity index (χ2n) is 7.52. The molecule has 0 saturated heterocycles. The van der Waals surface area contributed by atoms with Crippen molar-refractivity contribution < 1.29 is 4.79 Å². The standard InChI is InChI=1S/C22H24N2O/c1-15-5-6-16(13-23-15)14-24-21(25)19-8-7-18-12-20(22(2,3)4)10-9-17(18)11-19/h5-13H,14H2,1-4H3,(H,24,25). The fraction of sp³-hybridized carbons (Fsp3) is 0.273. The molecule has 0 aliphatic rings. The van der Waals surface area contributed by atoms with Crippen LogP contribution in [0.3, 0.4) is 0 Å².